The maximum absolute atomic E-state index is 9.38. The third-order valence-electron chi connectivity index (χ3n) is 2.85. The number of anilines is 2. The van der Waals surface area contributed by atoms with E-state index in [-0.39, 0.29) is 5.28 Å². The van der Waals surface area contributed by atoms with Crippen molar-refractivity contribution in [3.05, 3.63) is 5.28 Å². The van der Waals surface area contributed by atoms with Gasteiger partial charge in [-0.15, -0.1) is 0 Å². The molecule has 1 atom stereocenters. The molecule has 6 nitrogen and oxygen atoms in total. The molecule has 2 heterocycles. The summed E-state index contributed by atoms with van der Waals surface area (Å²) in [5, 5.41) is 9.57. The second kappa shape index (κ2) is 5.67. The Balaban J connectivity index is 2.20. The fraction of sp³-hybridized carbons (Fsp3) is 0.727. The van der Waals surface area contributed by atoms with Crippen LogP contribution in [0.15, 0.2) is 0 Å². The first-order valence-electron chi connectivity index (χ1n) is 6.12. The zero-order valence-corrected chi connectivity index (χ0v) is 11.4. The molecule has 2 rings (SSSR count). The van der Waals surface area contributed by atoms with Gasteiger partial charge in [-0.3, -0.25) is 0 Å². The molecule has 1 fully saturated rings. The van der Waals surface area contributed by atoms with Crippen molar-refractivity contribution >= 4 is 23.5 Å². The Morgan fingerprint density at radius 1 is 1.33 bits per heavy atom. The van der Waals surface area contributed by atoms with Gasteiger partial charge < -0.3 is 14.9 Å². The standard InChI is InChI=1S/C11H18ClN5O/c1-8(18)7-16(2)10-13-9(12)14-11(15-10)17-5-3-4-6-17/h8,18H,3-7H2,1-2H3. The van der Waals surface area contributed by atoms with Gasteiger partial charge in [-0.1, -0.05) is 0 Å². The molecule has 18 heavy (non-hydrogen) atoms. The third-order valence-corrected chi connectivity index (χ3v) is 3.02. The zero-order valence-electron chi connectivity index (χ0n) is 10.7. The first-order valence-corrected chi connectivity index (χ1v) is 6.50. The van der Waals surface area contributed by atoms with E-state index in [1.54, 1.807) is 11.8 Å². The summed E-state index contributed by atoms with van der Waals surface area (Å²) in [6.07, 6.45) is 1.87. The highest BCUT2D eigenvalue weighted by atomic mass is 35.5. The largest absolute Gasteiger partial charge is 0.392 e. The fourth-order valence-electron chi connectivity index (χ4n) is 2.04. The predicted molar refractivity (Wildman–Crippen MR) is 71.2 cm³/mol. The van der Waals surface area contributed by atoms with Crippen molar-refractivity contribution in [3.63, 3.8) is 0 Å². The van der Waals surface area contributed by atoms with Crippen LogP contribution in [0.1, 0.15) is 19.8 Å². The van der Waals surface area contributed by atoms with Crippen molar-refractivity contribution in [2.75, 3.05) is 36.5 Å². The van der Waals surface area contributed by atoms with E-state index in [1.807, 2.05) is 7.05 Å². The van der Waals surface area contributed by atoms with Crippen LogP contribution < -0.4 is 9.80 Å². The van der Waals surface area contributed by atoms with Crippen LogP contribution in [0.25, 0.3) is 0 Å². The molecule has 1 saturated heterocycles. The van der Waals surface area contributed by atoms with Gasteiger partial charge in [0, 0.05) is 26.7 Å². The Morgan fingerprint density at radius 2 is 2.00 bits per heavy atom. The SMILES string of the molecule is CC(O)CN(C)c1nc(Cl)nc(N2CCCC2)n1. The van der Waals surface area contributed by atoms with E-state index in [2.05, 4.69) is 19.9 Å². The van der Waals surface area contributed by atoms with Crippen LogP contribution in [-0.2, 0) is 0 Å². The van der Waals surface area contributed by atoms with Crippen molar-refractivity contribution in [1.29, 1.82) is 0 Å². The molecule has 100 valence electrons. The average molecular weight is 272 g/mol. The Morgan fingerprint density at radius 3 is 2.61 bits per heavy atom. The van der Waals surface area contributed by atoms with Crippen LogP contribution in [0.2, 0.25) is 5.28 Å². The van der Waals surface area contributed by atoms with Gasteiger partial charge in [0.15, 0.2) is 0 Å². The van der Waals surface area contributed by atoms with E-state index in [4.69, 9.17) is 11.6 Å². The highest BCUT2D eigenvalue weighted by molar-refractivity contribution is 6.28. The number of rotatable bonds is 4. The highest BCUT2D eigenvalue weighted by Gasteiger charge is 2.18. The van der Waals surface area contributed by atoms with Crippen LogP contribution >= 0.6 is 11.6 Å². The molecule has 1 N–H and O–H groups in total. The second-order valence-electron chi connectivity index (χ2n) is 4.63. The lowest BCUT2D eigenvalue weighted by Crippen LogP contribution is -2.30. The minimum Gasteiger partial charge on any atom is -0.392 e. The summed E-state index contributed by atoms with van der Waals surface area (Å²) in [7, 11) is 1.83. The van der Waals surface area contributed by atoms with Gasteiger partial charge in [0.2, 0.25) is 17.2 Å². The summed E-state index contributed by atoms with van der Waals surface area (Å²) in [4.78, 5) is 16.5. The van der Waals surface area contributed by atoms with E-state index in [9.17, 15) is 5.11 Å². The maximum Gasteiger partial charge on any atom is 0.231 e. The van der Waals surface area contributed by atoms with E-state index in [1.165, 1.54) is 0 Å². The number of hydrogen-bond donors (Lipinski definition) is 1. The molecule has 0 aliphatic carbocycles. The first-order chi connectivity index (χ1) is 8.56. The molecule has 0 spiro atoms. The van der Waals surface area contributed by atoms with Gasteiger partial charge in [0.25, 0.3) is 0 Å². The maximum atomic E-state index is 9.38. The topological polar surface area (TPSA) is 65.4 Å². The molecular formula is C11H18ClN5O. The minimum absolute atomic E-state index is 0.194. The molecule has 1 aliphatic rings. The molecule has 0 radical (unpaired) electrons. The quantitative estimate of drug-likeness (QED) is 0.879. The summed E-state index contributed by atoms with van der Waals surface area (Å²) in [6, 6.07) is 0. The van der Waals surface area contributed by atoms with Gasteiger partial charge >= 0.3 is 0 Å². The van der Waals surface area contributed by atoms with Gasteiger partial charge in [0.1, 0.15) is 0 Å². The Bertz CT molecular complexity index is 408. The van der Waals surface area contributed by atoms with E-state index in [0.29, 0.717) is 18.4 Å². The van der Waals surface area contributed by atoms with Crippen LogP contribution in [0.4, 0.5) is 11.9 Å². The summed E-state index contributed by atoms with van der Waals surface area (Å²) >= 11 is 5.93. The summed E-state index contributed by atoms with van der Waals surface area (Å²) < 4.78 is 0. The molecular weight excluding hydrogens is 254 g/mol. The molecule has 0 saturated carbocycles. The highest BCUT2D eigenvalue weighted by Crippen LogP contribution is 2.19. The lowest BCUT2D eigenvalue weighted by Gasteiger charge is -2.21. The number of aromatic nitrogens is 3. The van der Waals surface area contributed by atoms with Crippen LogP contribution in [0, 0.1) is 0 Å². The molecule has 1 aromatic heterocycles. The van der Waals surface area contributed by atoms with Crippen molar-refractivity contribution in [2.24, 2.45) is 0 Å². The summed E-state index contributed by atoms with van der Waals surface area (Å²) in [5.41, 5.74) is 0. The normalized spacial score (nSPS) is 17.0. The molecule has 1 aliphatic heterocycles. The summed E-state index contributed by atoms with van der Waals surface area (Å²) in [6.45, 7) is 4.10. The van der Waals surface area contributed by atoms with Crippen molar-refractivity contribution in [3.8, 4) is 0 Å². The first kappa shape index (κ1) is 13.3. The average Bonchev–Trinajstić information content (AvgIpc) is 2.80. The minimum atomic E-state index is -0.444. The second-order valence-corrected chi connectivity index (χ2v) is 4.97. The number of halogens is 1. The van der Waals surface area contributed by atoms with Gasteiger partial charge in [-0.25, -0.2) is 0 Å². The van der Waals surface area contributed by atoms with Crippen molar-refractivity contribution in [2.45, 2.75) is 25.9 Å². The fourth-order valence-corrected chi connectivity index (χ4v) is 2.19. The van der Waals surface area contributed by atoms with E-state index in [0.717, 1.165) is 25.9 Å². The smallest absolute Gasteiger partial charge is 0.231 e. The number of hydrogen-bond acceptors (Lipinski definition) is 6. The zero-order chi connectivity index (χ0) is 13.1. The lowest BCUT2D eigenvalue weighted by atomic mass is 10.4. The number of nitrogens with zero attached hydrogens (tertiary/aromatic N) is 5. The molecule has 1 unspecified atom stereocenters. The predicted octanol–water partition coefficient (Wildman–Crippen LogP) is 0.942. The Hall–Kier alpha value is -1.14. The van der Waals surface area contributed by atoms with Gasteiger partial charge in [-0.05, 0) is 31.4 Å². The molecule has 1 aromatic rings. The number of aliphatic hydroxyl groups is 1. The lowest BCUT2D eigenvalue weighted by molar-refractivity contribution is 0.201. The molecule has 0 bridgehead atoms. The number of likely N-dealkylation sites (N-methyl/N-ethyl adjacent to an activating group) is 1. The molecule has 0 aromatic carbocycles. The van der Waals surface area contributed by atoms with Gasteiger partial charge in [0.05, 0.1) is 6.10 Å². The summed E-state index contributed by atoms with van der Waals surface area (Å²) in [5.74, 6) is 1.12. The van der Waals surface area contributed by atoms with Crippen LogP contribution in [0.5, 0.6) is 0 Å². The monoisotopic (exact) mass is 271 g/mol. The Labute approximate surface area is 112 Å². The Kier molecular flexibility index (Phi) is 4.19. The van der Waals surface area contributed by atoms with E-state index < -0.39 is 6.10 Å². The van der Waals surface area contributed by atoms with Crippen molar-refractivity contribution < 1.29 is 5.11 Å². The van der Waals surface area contributed by atoms with E-state index >= 15 is 0 Å². The number of aliphatic hydroxyl groups excluding tert-OH is 1. The van der Waals surface area contributed by atoms with Crippen molar-refractivity contribution in [1.82, 2.24) is 15.0 Å². The molecule has 0 amide bonds. The van der Waals surface area contributed by atoms with Crippen LogP contribution in [-0.4, -0.2) is 52.8 Å². The third kappa shape index (κ3) is 3.20. The molecule has 7 heteroatoms. The van der Waals surface area contributed by atoms with Crippen LogP contribution in [0.3, 0.4) is 0 Å². The van der Waals surface area contributed by atoms with Gasteiger partial charge in [-0.2, -0.15) is 15.0 Å².